The monoisotopic (exact) mass is 296 g/mol. The lowest BCUT2D eigenvalue weighted by Gasteiger charge is -2.17. The third-order valence-corrected chi connectivity index (χ3v) is 6.06. The minimum atomic E-state index is -3.48. The molecule has 1 fully saturated rings. The molecular formula is C15H24N2O2S. The highest BCUT2D eigenvalue weighted by Crippen LogP contribution is 2.31. The first kappa shape index (κ1) is 15.3. The summed E-state index contributed by atoms with van der Waals surface area (Å²) in [6.45, 7) is 6.42. The van der Waals surface area contributed by atoms with Crippen molar-refractivity contribution in [1.29, 1.82) is 0 Å². The molecule has 0 bridgehead atoms. The number of benzene rings is 1. The molecule has 0 spiro atoms. The summed E-state index contributed by atoms with van der Waals surface area (Å²) >= 11 is 0. The molecule has 4 nitrogen and oxygen atoms in total. The summed E-state index contributed by atoms with van der Waals surface area (Å²) in [5, 5.41) is 0. The van der Waals surface area contributed by atoms with Gasteiger partial charge in [-0.25, -0.2) is 13.1 Å². The van der Waals surface area contributed by atoms with Crippen LogP contribution in [-0.2, 0) is 10.0 Å². The minimum absolute atomic E-state index is 0.306. The van der Waals surface area contributed by atoms with E-state index in [1.807, 2.05) is 13.8 Å². The third kappa shape index (κ3) is 3.15. The number of aryl methyl sites for hydroxylation is 1. The van der Waals surface area contributed by atoms with E-state index in [2.05, 4.69) is 11.6 Å². The number of rotatable bonds is 4. The predicted molar refractivity (Wildman–Crippen MR) is 82.0 cm³/mol. The zero-order valence-electron chi connectivity index (χ0n) is 12.4. The fourth-order valence-corrected chi connectivity index (χ4v) is 4.40. The third-order valence-electron chi connectivity index (χ3n) is 4.51. The Labute approximate surface area is 121 Å². The Morgan fingerprint density at radius 3 is 2.60 bits per heavy atom. The standard InChI is InChI=1S/C15H24N2O2S/c1-10-5-4-6-13(10)9-17-20(18,19)15-8-14(16)7-11(2)12(15)3/h7-8,10,13,17H,4-6,9,16H2,1-3H3. The van der Waals surface area contributed by atoms with Gasteiger partial charge in [-0.3, -0.25) is 0 Å². The molecule has 0 aliphatic heterocycles. The molecule has 20 heavy (non-hydrogen) atoms. The number of sulfonamides is 1. The maximum atomic E-state index is 12.5. The van der Waals surface area contributed by atoms with Crippen LogP contribution >= 0.6 is 0 Å². The summed E-state index contributed by atoms with van der Waals surface area (Å²) in [5.41, 5.74) is 7.93. The van der Waals surface area contributed by atoms with Gasteiger partial charge in [0.15, 0.2) is 0 Å². The van der Waals surface area contributed by atoms with Crippen molar-refractivity contribution in [2.24, 2.45) is 11.8 Å². The summed E-state index contributed by atoms with van der Waals surface area (Å²) < 4.78 is 27.7. The molecule has 2 unspecified atom stereocenters. The molecule has 0 heterocycles. The largest absolute Gasteiger partial charge is 0.399 e. The van der Waals surface area contributed by atoms with Gasteiger partial charge in [-0.05, 0) is 55.4 Å². The SMILES string of the molecule is Cc1cc(N)cc(S(=O)(=O)NCC2CCCC2C)c1C. The second-order valence-electron chi connectivity index (χ2n) is 5.98. The highest BCUT2D eigenvalue weighted by Gasteiger charge is 2.26. The van der Waals surface area contributed by atoms with E-state index in [4.69, 9.17) is 5.73 Å². The Hall–Kier alpha value is -1.07. The van der Waals surface area contributed by atoms with Crippen LogP contribution in [0.4, 0.5) is 5.69 Å². The zero-order valence-corrected chi connectivity index (χ0v) is 13.3. The molecule has 2 atom stereocenters. The minimum Gasteiger partial charge on any atom is -0.399 e. The Balaban J connectivity index is 2.18. The average molecular weight is 296 g/mol. The van der Waals surface area contributed by atoms with E-state index in [0.717, 1.165) is 17.5 Å². The summed E-state index contributed by atoms with van der Waals surface area (Å²) in [7, 11) is -3.48. The van der Waals surface area contributed by atoms with E-state index in [9.17, 15) is 8.42 Å². The van der Waals surface area contributed by atoms with E-state index in [-0.39, 0.29) is 0 Å². The number of hydrogen-bond acceptors (Lipinski definition) is 3. The van der Waals surface area contributed by atoms with Crippen LogP contribution in [-0.4, -0.2) is 15.0 Å². The summed E-state index contributed by atoms with van der Waals surface area (Å²) in [5.74, 6) is 1.05. The van der Waals surface area contributed by atoms with Crippen LogP contribution < -0.4 is 10.5 Å². The maximum Gasteiger partial charge on any atom is 0.240 e. The molecule has 5 heteroatoms. The molecule has 112 valence electrons. The highest BCUT2D eigenvalue weighted by molar-refractivity contribution is 7.89. The quantitative estimate of drug-likeness (QED) is 0.839. The van der Waals surface area contributed by atoms with Crippen molar-refractivity contribution >= 4 is 15.7 Å². The van der Waals surface area contributed by atoms with Gasteiger partial charge in [-0.1, -0.05) is 19.8 Å². The van der Waals surface area contributed by atoms with E-state index < -0.39 is 10.0 Å². The van der Waals surface area contributed by atoms with Crippen LogP contribution in [0.3, 0.4) is 0 Å². The summed E-state index contributed by atoms with van der Waals surface area (Å²) in [6, 6.07) is 3.34. The van der Waals surface area contributed by atoms with Gasteiger partial charge in [0.05, 0.1) is 4.90 Å². The normalized spacial score (nSPS) is 23.1. The number of nitrogens with one attached hydrogen (secondary N) is 1. The Morgan fingerprint density at radius 2 is 2.00 bits per heavy atom. The number of nitrogen functional groups attached to an aromatic ring is 1. The average Bonchev–Trinajstić information content (AvgIpc) is 2.77. The van der Waals surface area contributed by atoms with Gasteiger partial charge in [0.2, 0.25) is 10.0 Å². The van der Waals surface area contributed by atoms with E-state index in [1.54, 1.807) is 12.1 Å². The van der Waals surface area contributed by atoms with Crippen LogP contribution in [0.5, 0.6) is 0 Å². The molecule has 3 N–H and O–H groups in total. The van der Waals surface area contributed by atoms with Gasteiger partial charge in [-0.2, -0.15) is 0 Å². The van der Waals surface area contributed by atoms with Crippen molar-refractivity contribution in [3.05, 3.63) is 23.3 Å². The molecule has 2 rings (SSSR count). The summed E-state index contributed by atoms with van der Waals surface area (Å²) in [4.78, 5) is 0.306. The molecule has 1 saturated carbocycles. The zero-order chi connectivity index (χ0) is 14.9. The highest BCUT2D eigenvalue weighted by atomic mass is 32.2. The van der Waals surface area contributed by atoms with Gasteiger partial charge in [0, 0.05) is 12.2 Å². The van der Waals surface area contributed by atoms with E-state index in [0.29, 0.717) is 29.0 Å². The molecule has 0 amide bonds. The lowest BCUT2D eigenvalue weighted by Crippen LogP contribution is -2.31. The topological polar surface area (TPSA) is 72.2 Å². The van der Waals surface area contributed by atoms with E-state index in [1.165, 1.54) is 12.8 Å². The lowest BCUT2D eigenvalue weighted by atomic mass is 9.99. The first-order valence-electron chi connectivity index (χ1n) is 7.17. The van der Waals surface area contributed by atoms with Crippen LogP contribution in [0.25, 0.3) is 0 Å². The van der Waals surface area contributed by atoms with Crippen molar-refractivity contribution in [3.63, 3.8) is 0 Å². The fraction of sp³-hybridized carbons (Fsp3) is 0.600. The van der Waals surface area contributed by atoms with Crippen molar-refractivity contribution in [1.82, 2.24) is 4.72 Å². The van der Waals surface area contributed by atoms with Gasteiger partial charge < -0.3 is 5.73 Å². The molecule has 0 radical (unpaired) electrons. The number of nitrogens with two attached hydrogens (primary N) is 1. The molecule has 1 aliphatic rings. The molecule has 1 aromatic carbocycles. The van der Waals surface area contributed by atoms with Crippen LogP contribution in [0.1, 0.15) is 37.3 Å². The molecule has 1 aromatic rings. The molecule has 1 aliphatic carbocycles. The van der Waals surface area contributed by atoms with Gasteiger partial charge >= 0.3 is 0 Å². The molecule has 0 saturated heterocycles. The Kier molecular flexibility index (Phi) is 4.39. The second-order valence-corrected chi connectivity index (χ2v) is 7.72. The van der Waals surface area contributed by atoms with Crippen LogP contribution in [0.15, 0.2) is 17.0 Å². The molecular weight excluding hydrogens is 272 g/mol. The molecule has 0 aromatic heterocycles. The van der Waals surface area contributed by atoms with Crippen molar-refractivity contribution in [2.45, 2.75) is 44.9 Å². The smallest absolute Gasteiger partial charge is 0.240 e. The Bertz CT molecular complexity index is 596. The van der Waals surface area contributed by atoms with Crippen LogP contribution in [0, 0.1) is 25.7 Å². The first-order chi connectivity index (χ1) is 9.31. The van der Waals surface area contributed by atoms with Crippen molar-refractivity contribution in [3.8, 4) is 0 Å². The van der Waals surface area contributed by atoms with Crippen LogP contribution in [0.2, 0.25) is 0 Å². The van der Waals surface area contributed by atoms with E-state index >= 15 is 0 Å². The van der Waals surface area contributed by atoms with Gasteiger partial charge in [0.1, 0.15) is 0 Å². The number of anilines is 1. The van der Waals surface area contributed by atoms with Gasteiger partial charge in [-0.15, -0.1) is 0 Å². The maximum absolute atomic E-state index is 12.5. The van der Waals surface area contributed by atoms with Crippen molar-refractivity contribution < 1.29 is 8.42 Å². The number of hydrogen-bond donors (Lipinski definition) is 2. The van der Waals surface area contributed by atoms with Gasteiger partial charge in [0.25, 0.3) is 0 Å². The predicted octanol–water partition coefficient (Wildman–Crippen LogP) is 2.60. The summed E-state index contributed by atoms with van der Waals surface area (Å²) in [6.07, 6.45) is 3.51. The Morgan fingerprint density at radius 1 is 1.30 bits per heavy atom. The second kappa shape index (κ2) is 5.74. The first-order valence-corrected chi connectivity index (χ1v) is 8.66. The lowest BCUT2D eigenvalue weighted by molar-refractivity contribution is 0.414. The fourth-order valence-electron chi connectivity index (χ4n) is 2.95. The van der Waals surface area contributed by atoms with Crippen molar-refractivity contribution in [2.75, 3.05) is 12.3 Å².